The third kappa shape index (κ3) is 3.32. The van der Waals surface area contributed by atoms with E-state index in [-0.39, 0.29) is 11.7 Å². The van der Waals surface area contributed by atoms with Gasteiger partial charge in [0.05, 0.1) is 10.6 Å². The molecule has 23 heavy (non-hydrogen) atoms. The van der Waals surface area contributed by atoms with Crippen molar-refractivity contribution in [3.05, 3.63) is 72.8 Å². The number of aryl methyl sites for hydroxylation is 1. The van der Waals surface area contributed by atoms with Gasteiger partial charge in [-0.2, -0.15) is 0 Å². The maximum absolute atomic E-state index is 12.4. The molecule has 0 fully saturated rings. The molecule has 4 heteroatoms. The summed E-state index contributed by atoms with van der Waals surface area (Å²) in [6.07, 6.45) is 2.43. The van der Waals surface area contributed by atoms with Crippen molar-refractivity contribution in [3.63, 3.8) is 0 Å². The molecule has 1 radical (unpaired) electrons. The number of para-hydroxylation sites is 1. The molecule has 119 valence electrons. The summed E-state index contributed by atoms with van der Waals surface area (Å²) in [5.74, 6) is 0.0374. The van der Waals surface area contributed by atoms with Crippen LogP contribution in [0.3, 0.4) is 0 Å². The Kier molecular flexibility index (Phi) is 4.26. The fraction of sp³-hybridized carbons (Fsp3) is 0.211. The van der Waals surface area contributed by atoms with Crippen LogP contribution in [-0.2, 0) is 9.84 Å². The molecule has 0 saturated heterocycles. The quantitative estimate of drug-likeness (QED) is 0.761. The van der Waals surface area contributed by atoms with E-state index in [1.54, 1.807) is 12.1 Å². The second-order valence-corrected chi connectivity index (χ2v) is 8.02. The van der Waals surface area contributed by atoms with Gasteiger partial charge in [0.25, 0.3) is 0 Å². The standard InChI is InChI=1S/C19H20NO2S/c1-14-7-9-16(10-8-14)23(21,22)12-11-15(2)18-13-20-19-6-4-3-5-17(18)19/h3-10,13,15,20H,2,11-12H2,1H3. The highest BCUT2D eigenvalue weighted by atomic mass is 32.2. The predicted molar refractivity (Wildman–Crippen MR) is 94.2 cm³/mol. The molecule has 3 nitrogen and oxygen atoms in total. The van der Waals surface area contributed by atoms with Gasteiger partial charge in [0, 0.05) is 17.1 Å². The van der Waals surface area contributed by atoms with Gasteiger partial charge < -0.3 is 4.98 Å². The summed E-state index contributed by atoms with van der Waals surface area (Å²) in [6, 6.07) is 15.0. The molecule has 0 saturated carbocycles. The molecule has 1 aromatic heterocycles. The second kappa shape index (κ2) is 6.20. The van der Waals surface area contributed by atoms with Gasteiger partial charge in [-0.15, -0.1) is 0 Å². The van der Waals surface area contributed by atoms with Crippen LogP contribution in [0, 0.1) is 13.8 Å². The number of rotatable bonds is 5. The van der Waals surface area contributed by atoms with Crippen LogP contribution >= 0.6 is 0 Å². The van der Waals surface area contributed by atoms with Crippen LogP contribution in [0.2, 0.25) is 0 Å². The third-order valence-electron chi connectivity index (χ3n) is 4.18. The van der Waals surface area contributed by atoms with Gasteiger partial charge in [-0.3, -0.25) is 0 Å². The minimum absolute atomic E-state index is 0.0635. The average Bonchev–Trinajstić information content (AvgIpc) is 2.97. The number of benzene rings is 2. The Balaban J connectivity index is 1.76. The lowest BCUT2D eigenvalue weighted by Crippen LogP contribution is -2.09. The first-order chi connectivity index (χ1) is 11.0. The van der Waals surface area contributed by atoms with Gasteiger partial charge in [0.1, 0.15) is 0 Å². The van der Waals surface area contributed by atoms with Crippen LogP contribution in [0.15, 0.2) is 59.6 Å². The molecule has 3 rings (SSSR count). The SMILES string of the molecule is [CH2]C(CCS(=O)(=O)c1ccc(C)cc1)c1c[nH]c2ccccc12. The van der Waals surface area contributed by atoms with Crippen LogP contribution in [0.4, 0.5) is 0 Å². The molecule has 0 amide bonds. The first kappa shape index (κ1) is 15.8. The zero-order valence-corrected chi connectivity index (χ0v) is 13.9. The second-order valence-electron chi connectivity index (χ2n) is 5.91. The molecule has 1 atom stereocenters. The fourth-order valence-electron chi connectivity index (χ4n) is 2.75. The van der Waals surface area contributed by atoms with Gasteiger partial charge in [-0.05, 0) is 49.9 Å². The minimum Gasteiger partial charge on any atom is -0.361 e. The molecule has 2 aromatic carbocycles. The molecule has 0 bridgehead atoms. The van der Waals surface area contributed by atoms with Crippen LogP contribution < -0.4 is 0 Å². The highest BCUT2D eigenvalue weighted by Crippen LogP contribution is 2.28. The number of sulfone groups is 1. The first-order valence-corrected chi connectivity index (χ1v) is 9.31. The van der Waals surface area contributed by atoms with E-state index in [1.807, 2.05) is 49.5 Å². The fourth-order valence-corrected chi connectivity index (χ4v) is 4.13. The predicted octanol–water partition coefficient (Wildman–Crippen LogP) is 4.26. The van der Waals surface area contributed by atoms with Gasteiger partial charge in [0.15, 0.2) is 9.84 Å². The molecule has 0 aliphatic rings. The van der Waals surface area contributed by atoms with Crippen LogP contribution in [0.25, 0.3) is 10.9 Å². The number of fused-ring (bicyclic) bond motifs is 1. The van der Waals surface area contributed by atoms with E-state index in [4.69, 9.17) is 0 Å². The Bertz CT molecular complexity index is 908. The average molecular weight is 326 g/mol. The van der Waals surface area contributed by atoms with Crippen LogP contribution in [0.5, 0.6) is 0 Å². The van der Waals surface area contributed by atoms with Gasteiger partial charge >= 0.3 is 0 Å². The molecule has 1 N–H and O–H groups in total. The van der Waals surface area contributed by atoms with E-state index in [1.165, 1.54) is 0 Å². The van der Waals surface area contributed by atoms with E-state index < -0.39 is 9.84 Å². The molecule has 0 aliphatic heterocycles. The largest absolute Gasteiger partial charge is 0.361 e. The third-order valence-corrected chi connectivity index (χ3v) is 5.94. The first-order valence-electron chi connectivity index (χ1n) is 7.66. The molecular weight excluding hydrogens is 306 g/mol. The topological polar surface area (TPSA) is 49.9 Å². The molecule has 0 aliphatic carbocycles. The van der Waals surface area contributed by atoms with Crippen LogP contribution in [0.1, 0.15) is 23.5 Å². The Labute approximate surface area is 137 Å². The van der Waals surface area contributed by atoms with Crippen molar-refractivity contribution in [1.29, 1.82) is 0 Å². The summed E-state index contributed by atoms with van der Waals surface area (Å²) in [7, 11) is -3.27. The van der Waals surface area contributed by atoms with Crippen molar-refractivity contribution in [1.82, 2.24) is 4.98 Å². The van der Waals surface area contributed by atoms with Gasteiger partial charge in [-0.25, -0.2) is 8.42 Å². The zero-order valence-electron chi connectivity index (χ0n) is 13.1. The summed E-state index contributed by atoms with van der Waals surface area (Å²) in [5.41, 5.74) is 3.18. The van der Waals surface area contributed by atoms with E-state index >= 15 is 0 Å². The van der Waals surface area contributed by atoms with Gasteiger partial charge in [0.2, 0.25) is 0 Å². The number of aromatic nitrogens is 1. The summed E-state index contributed by atoms with van der Waals surface area (Å²) >= 11 is 0. The normalized spacial score (nSPS) is 13.3. The molecule has 1 heterocycles. The van der Waals surface area contributed by atoms with E-state index in [0.717, 1.165) is 22.0 Å². The Hall–Kier alpha value is -2.07. The number of hydrogen-bond donors (Lipinski definition) is 1. The van der Waals surface area contributed by atoms with Crippen molar-refractivity contribution in [2.75, 3.05) is 5.75 Å². The molecule has 1 unspecified atom stereocenters. The molecule has 0 spiro atoms. The highest BCUT2D eigenvalue weighted by molar-refractivity contribution is 7.91. The molecule has 3 aromatic rings. The van der Waals surface area contributed by atoms with Crippen molar-refractivity contribution in [3.8, 4) is 0 Å². The van der Waals surface area contributed by atoms with Crippen molar-refractivity contribution >= 4 is 20.7 Å². The van der Waals surface area contributed by atoms with Crippen molar-refractivity contribution in [2.24, 2.45) is 0 Å². The summed E-state index contributed by atoms with van der Waals surface area (Å²) < 4.78 is 24.9. The maximum atomic E-state index is 12.4. The van der Waals surface area contributed by atoms with E-state index in [0.29, 0.717) is 11.3 Å². The maximum Gasteiger partial charge on any atom is 0.178 e. The van der Waals surface area contributed by atoms with E-state index in [9.17, 15) is 8.42 Å². The Morgan fingerprint density at radius 2 is 1.78 bits per heavy atom. The number of aromatic amines is 1. The highest BCUT2D eigenvalue weighted by Gasteiger charge is 2.18. The minimum atomic E-state index is -3.27. The van der Waals surface area contributed by atoms with Gasteiger partial charge in [-0.1, -0.05) is 35.9 Å². The number of nitrogens with one attached hydrogen (secondary N) is 1. The van der Waals surface area contributed by atoms with Crippen molar-refractivity contribution < 1.29 is 8.42 Å². The molecular formula is C19H20NO2S. The van der Waals surface area contributed by atoms with Crippen molar-refractivity contribution in [2.45, 2.75) is 24.2 Å². The number of H-pyrrole nitrogens is 1. The van der Waals surface area contributed by atoms with E-state index in [2.05, 4.69) is 11.9 Å². The summed E-state index contributed by atoms with van der Waals surface area (Å²) in [5, 5.41) is 1.11. The lowest BCUT2D eigenvalue weighted by Gasteiger charge is -2.11. The summed E-state index contributed by atoms with van der Waals surface area (Å²) in [6.45, 7) is 6.10. The zero-order chi connectivity index (χ0) is 16.4. The summed E-state index contributed by atoms with van der Waals surface area (Å²) in [4.78, 5) is 3.60. The monoisotopic (exact) mass is 326 g/mol. The lowest BCUT2D eigenvalue weighted by atomic mass is 9.98. The number of hydrogen-bond acceptors (Lipinski definition) is 2. The smallest absolute Gasteiger partial charge is 0.178 e. The Morgan fingerprint density at radius 3 is 2.52 bits per heavy atom. The lowest BCUT2D eigenvalue weighted by molar-refractivity contribution is 0.591. The Morgan fingerprint density at radius 1 is 1.09 bits per heavy atom. The van der Waals surface area contributed by atoms with Crippen LogP contribution in [-0.4, -0.2) is 19.2 Å².